The summed E-state index contributed by atoms with van der Waals surface area (Å²) in [5, 5.41) is 14.9. The molecule has 1 aliphatic rings. The van der Waals surface area contributed by atoms with Crippen molar-refractivity contribution >= 4 is 22.6 Å². The number of methoxy groups -OCH3 is 2. The van der Waals surface area contributed by atoms with Crippen molar-refractivity contribution in [2.75, 3.05) is 31.4 Å². The highest BCUT2D eigenvalue weighted by Gasteiger charge is 2.37. The highest BCUT2D eigenvalue weighted by atomic mass is 19.4. The van der Waals surface area contributed by atoms with Gasteiger partial charge in [-0.2, -0.15) is 13.2 Å². The number of aryl methyl sites for hydroxylation is 1. The summed E-state index contributed by atoms with van der Waals surface area (Å²) in [6.07, 6.45) is -1.01. The van der Waals surface area contributed by atoms with Crippen LogP contribution in [0, 0.1) is 6.92 Å². The summed E-state index contributed by atoms with van der Waals surface area (Å²) in [6.45, 7) is 6.77. The Morgan fingerprint density at radius 3 is 2.49 bits per heavy atom. The van der Waals surface area contributed by atoms with E-state index in [1.165, 1.54) is 0 Å². The van der Waals surface area contributed by atoms with Gasteiger partial charge >= 0.3 is 12.2 Å². The van der Waals surface area contributed by atoms with E-state index >= 15 is 0 Å². The first-order chi connectivity index (χ1) is 17.3. The molecule has 2 heterocycles. The van der Waals surface area contributed by atoms with Crippen LogP contribution in [-0.4, -0.2) is 54.0 Å². The Balaban J connectivity index is 1.64. The Morgan fingerprint density at radius 2 is 1.84 bits per heavy atom. The predicted octanol–water partition coefficient (Wildman–Crippen LogP) is 6.21. The maximum atomic E-state index is 12.8. The molecule has 1 fully saturated rings. The van der Waals surface area contributed by atoms with Crippen LogP contribution < -0.4 is 10.6 Å². The van der Waals surface area contributed by atoms with Gasteiger partial charge in [-0.1, -0.05) is 25.9 Å². The van der Waals surface area contributed by atoms with Crippen LogP contribution in [0.1, 0.15) is 57.6 Å². The number of nitrogens with one attached hydrogen (secondary N) is 2. The first kappa shape index (κ1) is 27.1. The van der Waals surface area contributed by atoms with Crippen LogP contribution in [0.4, 0.5) is 24.9 Å². The molecule has 0 amide bonds. The smallest absolute Gasteiger partial charge is 0.402 e. The van der Waals surface area contributed by atoms with Crippen molar-refractivity contribution in [3.8, 4) is 11.6 Å². The van der Waals surface area contributed by atoms with Crippen molar-refractivity contribution < 1.29 is 27.1 Å². The minimum absolute atomic E-state index is 0.0448. The molecule has 0 radical (unpaired) electrons. The summed E-state index contributed by atoms with van der Waals surface area (Å²) in [7, 11) is 3.29. The van der Waals surface area contributed by atoms with Gasteiger partial charge in [-0.05, 0) is 54.5 Å². The quantitative estimate of drug-likeness (QED) is 0.355. The Labute approximate surface area is 214 Å². The number of ether oxygens (including phenoxy) is 2. The van der Waals surface area contributed by atoms with Gasteiger partial charge in [0.15, 0.2) is 5.79 Å². The lowest BCUT2D eigenvalue weighted by Gasteiger charge is -2.38. The van der Waals surface area contributed by atoms with Gasteiger partial charge in [0.1, 0.15) is 12.2 Å². The first-order valence-electron chi connectivity index (χ1n) is 12.3. The standard InChI is InChI=1S/C26H34F3N5O3/c1-15-10-20(22-33-34-23(37-22)31-16-8-7-9-25(13-16,35-5)36-6)32-21-18(15)11-17(30-14-26(27,28)29)12-19(21)24(2,3)4/h10-12,16,30H,7-9,13-14H2,1-6H3,(H,31,34)/t16-/m1/s1. The van der Waals surface area contributed by atoms with Gasteiger partial charge < -0.3 is 24.5 Å². The topological polar surface area (TPSA) is 94.3 Å². The van der Waals surface area contributed by atoms with Crippen molar-refractivity contribution in [2.24, 2.45) is 0 Å². The van der Waals surface area contributed by atoms with Gasteiger partial charge in [0.2, 0.25) is 0 Å². The molecule has 4 rings (SSSR count). The van der Waals surface area contributed by atoms with E-state index in [-0.39, 0.29) is 23.4 Å². The molecule has 0 aliphatic heterocycles. The third-order valence-electron chi connectivity index (χ3n) is 6.80. The minimum Gasteiger partial charge on any atom is -0.402 e. The van der Waals surface area contributed by atoms with E-state index in [0.29, 0.717) is 23.3 Å². The molecule has 0 bridgehead atoms. The lowest BCUT2D eigenvalue weighted by Crippen LogP contribution is -2.43. The molecule has 2 N–H and O–H groups in total. The van der Waals surface area contributed by atoms with Gasteiger partial charge in [-0.25, -0.2) is 4.98 Å². The zero-order valence-corrected chi connectivity index (χ0v) is 22.0. The van der Waals surface area contributed by atoms with Gasteiger partial charge in [-0.3, -0.25) is 0 Å². The minimum atomic E-state index is -4.32. The average molecular weight is 522 g/mol. The number of rotatable bonds is 7. The van der Waals surface area contributed by atoms with Crippen LogP contribution in [-0.2, 0) is 14.9 Å². The molecule has 0 unspecified atom stereocenters. The fourth-order valence-electron chi connectivity index (χ4n) is 4.81. The van der Waals surface area contributed by atoms with E-state index in [2.05, 4.69) is 20.8 Å². The lowest BCUT2D eigenvalue weighted by molar-refractivity contribution is -0.224. The van der Waals surface area contributed by atoms with Crippen LogP contribution in [0.3, 0.4) is 0 Å². The van der Waals surface area contributed by atoms with Crippen LogP contribution >= 0.6 is 0 Å². The maximum Gasteiger partial charge on any atom is 0.405 e. The number of hydrogen-bond donors (Lipinski definition) is 2. The van der Waals surface area contributed by atoms with Crippen LogP contribution in [0.15, 0.2) is 22.6 Å². The molecule has 1 saturated carbocycles. The van der Waals surface area contributed by atoms with Crippen LogP contribution in [0.25, 0.3) is 22.5 Å². The van der Waals surface area contributed by atoms with Gasteiger partial charge in [0.25, 0.3) is 5.89 Å². The van der Waals surface area contributed by atoms with Gasteiger partial charge in [0.05, 0.1) is 5.52 Å². The van der Waals surface area contributed by atoms with Crippen LogP contribution in [0.2, 0.25) is 0 Å². The van der Waals surface area contributed by atoms with Crippen molar-refractivity contribution in [2.45, 2.75) is 76.8 Å². The molecule has 2 aromatic heterocycles. The Bertz CT molecular complexity index is 1250. The number of nitrogens with zero attached hydrogens (tertiary/aromatic N) is 3. The molecule has 1 aliphatic carbocycles. The highest BCUT2D eigenvalue weighted by molar-refractivity contribution is 5.90. The second kappa shape index (κ2) is 10.1. The zero-order chi connectivity index (χ0) is 27.0. The van der Waals surface area contributed by atoms with E-state index in [1.54, 1.807) is 32.4 Å². The molecule has 37 heavy (non-hydrogen) atoms. The number of pyridine rings is 1. The maximum absolute atomic E-state index is 12.8. The van der Waals surface area contributed by atoms with Crippen molar-refractivity contribution in [1.29, 1.82) is 0 Å². The fourth-order valence-corrected chi connectivity index (χ4v) is 4.81. The van der Waals surface area contributed by atoms with Gasteiger partial charge in [0, 0.05) is 44.2 Å². The molecule has 8 nitrogen and oxygen atoms in total. The number of halogens is 3. The number of hydrogen-bond acceptors (Lipinski definition) is 8. The first-order valence-corrected chi connectivity index (χ1v) is 12.3. The van der Waals surface area contributed by atoms with E-state index < -0.39 is 18.5 Å². The Kier molecular flexibility index (Phi) is 7.40. The molecular weight excluding hydrogens is 487 g/mol. The average Bonchev–Trinajstić information content (AvgIpc) is 3.30. The number of aromatic nitrogens is 3. The lowest BCUT2D eigenvalue weighted by atomic mass is 9.84. The predicted molar refractivity (Wildman–Crippen MR) is 136 cm³/mol. The molecule has 202 valence electrons. The molecule has 1 aromatic carbocycles. The fraction of sp³-hybridized carbons (Fsp3) is 0.577. The SMILES string of the molecule is COC1(OC)CCC[C@@H](Nc2nnc(-c3cc(C)c4cc(NCC(F)(F)F)cc(C(C)(C)C)c4n3)o2)C1. The van der Waals surface area contributed by atoms with E-state index in [0.717, 1.165) is 35.8 Å². The summed E-state index contributed by atoms with van der Waals surface area (Å²) < 4.78 is 55.6. The third-order valence-corrected chi connectivity index (χ3v) is 6.80. The molecule has 0 spiro atoms. The van der Waals surface area contributed by atoms with Crippen molar-refractivity contribution in [3.63, 3.8) is 0 Å². The summed E-state index contributed by atoms with van der Waals surface area (Å²) in [4.78, 5) is 4.82. The number of alkyl halides is 3. The Hall–Kier alpha value is -2.92. The zero-order valence-electron chi connectivity index (χ0n) is 22.0. The Morgan fingerprint density at radius 1 is 1.11 bits per heavy atom. The normalized spacial score (nSPS) is 18.2. The third kappa shape index (κ3) is 6.15. The highest BCUT2D eigenvalue weighted by Crippen LogP contribution is 2.36. The van der Waals surface area contributed by atoms with E-state index in [4.69, 9.17) is 18.9 Å². The number of fused-ring (bicyclic) bond motifs is 1. The molecular formula is C26H34F3N5O3. The number of benzene rings is 1. The second-order valence-electron chi connectivity index (χ2n) is 10.6. The second-order valence-corrected chi connectivity index (χ2v) is 10.6. The summed E-state index contributed by atoms with van der Waals surface area (Å²) in [6, 6.07) is 5.56. The van der Waals surface area contributed by atoms with E-state index in [9.17, 15) is 13.2 Å². The molecule has 3 aromatic rings. The monoisotopic (exact) mass is 521 g/mol. The summed E-state index contributed by atoms with van der Waals surface area (Å²) in [5.41, 5.74) is 2.86. The molecule has 11 heteroatoms. The van der Waals surface area contributed by atoms with Crippen molar-refractivity contribution in [1.82, 2.24) is 15.2 Å². The van der Waals surface area contributed by atoms with Crippen molar-refractivity contribution in [3.05, 3.63) is 29.3 Å². The molecule has 0 saturated heterocycles. The summed E-state index contributed by atoms with van der Waals surface area (Å²) in [5.74, 6) is -0.375. The number of anilines is 2. The van der Waals surface area contributed by atoms with E-state index in [1.807, 2.05) is 27.7 Å². The van der Waals surface area contributed by atoms with Crippen LogP contribution in [0.5, 0.6) is 0 Å². The van der Waals surface area contributed by atoms with Gasteiger partial charge in [-0.15, -0.1) is 5.10 Å². The largest absolute Gasteiger partial charge is 0.405 e. The summed E-state index contributed by atoms with van der Waals surface area (Å²) >= 11 is 0. The molecule has 1 atom stereocenters.